The first kappa shape index (κ1) is 29.2. The number of hydrogen-bond acceptors (Lipinski definition) is 7. The quantitative estimate of drug-likeness (QED) is 0.265. The van der Waals surface area contributed by atoms with Gasteiger partial charge in [0.15, 0.2) is 4.80 Å². The first-order valence-electron chi connectivity index (χ1n) is 13.7. The number of methoxy groups -OCH3 is 2. The highest BCUT2D eigenvalue weighted by Crippen LogP contribution is 2.37. The molecule has 11 heteroatoms. The molecule has 9 nitrogen and oxygen atoms in total. The second-order valence-corrected chi connectivity index (χ2v) is 11.5. The second-order valence-electron chi connectivity index (χ2n) is 10.1. The normalized spacial score (nSPS) is 14.7. The molecule has 0 saturated heterocycles. The molecule has 2 aromatic heterocycles. The summed E-state index contributed by atoms with van der Waals surface area (Å²) in [6.07, 6.45) is 3.65. The zero-order valence-corrected chi connectivity index (χ0v) is 25.6. The van der Waals surface area contributed by atoms with Crippen LogP contribution in [-0.2, 0) is 20.9 Å². The molecule has 0 bridgehead atoms. The third kappa shape index (κ3) is 5.34. The molecular weight excluding hydrogens is 600 g/mol. The lowest BCUT2D eigenvalue weighted by molar-refractivity contribution is -0.136. The number of rotatable bonds is 7. The fourth-order valence-corrected chi connectivity index (χ4v) is 6.66. The molecule has 1 amide bonds. The molecule has 1 aliphatic heterocycles. The monoisotopic (exact) mass is 626 g/mol. The van der Waals surface area contributed by atoms with Crippen LogP contribution in [0.2, 0.25) is 5.02 Å². The Kier molecular flexibility index (Phi) is 7.94. The van der Waals surface area contributed by atoms with E-state index >= 15 is 0 Å². The van der Waals surface area contributed by atoms with Crippen molar-refractivity contribution in [2.24, 2.45) is 4.99 Å². The van der Waals surface area contributed by atoms with E-state index in [0.29, 0.717) is 37.1 Å². The molecule has 0 saturated carbocycles. The maximum Gasteiger partial charge on any atom is 0.338 e. The number of fused-ring (bicyclic) bond motifs is 2. The largest absolute Gasteiger partial charge is 0.496 e. The van der Waals surface area contributed by atoms with E-state index in [9.17, 15) is 14.4 Å². The first-order valence-corrected chi connectivity index (χ1v) is 14.9. The third-order valence-corrected chi connectivity index (χ3v) is 8.61. The number of hydrogen-bond donors (Lipinski definition) is 1. The van der Waals surface area contributed by atoms with Gasteiger partial charge in [0.1, 0.15) is 18.3 Å². The zero-order valence-electron chi connectivity index (χ0n) is 24.0. The highest BCUT2D eigenvalue weighted by atomic mass is 35.5. The van der Waals surface area contributed by atoms with Crippen molar-refractivity contribution in [3.05, 3.63) is 126 Å². The summed E-state index contributed by atoms with van der Waals surface area (Å²) in [6.45, 7) is 1.79. The van der Waals surface area contributed by atoms with Crippen LogP contribution in [-0.4, -0.2) is 35.2 Å². The lowest BCUT2D eigenvalue weighted by Gasteiger charge is -2.25. The van der Waals surface area contributed by atoms with E-state index < -0.39 is 12.0 Å². The molecule has 0 radical (unpaired) electrons. The van der Waals surface area contributed by atoms with E-state index in [0.717, 1.165) is 16.5 Å². The van der Waals surface area contributed by atoms with E-state index in [-0.39, 0.29) is 23.6 Å². The maximum atomic E-state index is 14.1. The van der Waals surface area contributed by atoms with Crippen LogP contribution in [0.5, 0.6) is 5.75 Å². The molecule has 1 N–H and O–H groups in total. The van der Waals surface area contributed by atoms with Gasteiger partial charge in [-0.3, -0.25) is 14.2 Å². The second kappa shape index (κ2) is 12.0. The summed E-state index contributed by atoms with van der Waals surface area (Å²) in [4.78, 5) is 45.1. The lowest BCUT2D eigenvalue weighted by atomic mass is 9.95. The van der Waals surface area contributed by atoms with Gasteiger partial charge in [-0.2, -0.15) is 0 Å². The molecule has 44 heavy (non-hydrogen) atoms. The van der Waals surface area contributed by atoms with Crippen LogP contribution < -0.4 is 24.9 Å². The Balaban J connectivity index is 1.48. The van der Waals surface area contributed by atoms with Crippen molar-refractivity contribution < 1.29 is 19.1 Å². The minimum atomic E-state index is -0.877. The molecule has 1 atom stereocenters. The van der Waals surface area contributed by atoms with Gasteiger partial charge in [-0.15, -0.1) is 0 Å². The van der Waals surface area contributed by atoms with Gasteiger partial charge in [0, 0.05) is 38.9 Å². The van der Waals surface area contributed by atoms with E-state index in [4.69, 9.17) is 21.1 Å². The number of carbonyl (C=O) groups excluding carboxylic acids is 2. The predicted octanol–water partition coefficient (Wildman–Crippen LogP) is 4.66. The molecule has 5 aromatic rings. The zero-order chi connectivity index (χ0) is 31.0. The Morgan fingerprint density at radius 3 is 2.57 bits per heavy atom. The lowest BCUT2D eigenvalue weighted by Crippen LogP contribution is -2.40. The molecule has 3 aromatic carbocycles. The summed E-state index contributed by atoms with van der Waals surface area (Å²) in [5.74, 6) is -0.324. The minimum Gasteiger partial charge on any atom is -0.496 e. The van der Waals surface area contributed by atoms with Gasteiger partial charge < -0.3 is 19.4 Å². The van der Waals surface area contributed by atoms with Crippen molar-refractivity contribution in [1.29, 1.82) is 0 Å². The fourth-order valence-electron chi connectivity index (χ4n) is 5.44. The summed E-state index contributed by atoms with van der Waals surface area (Å²) < 4.78 is 14.5. The smallest absolute Gasteiger partial charge is 0.338 e. The van der Waals surface area contributed by atoms with Gasteiger partial charge in [0.25, 0.3) is 5.56 Å². The molecule has 3 heterocycles. The highest BCUT2D eigenvalue weighted by molar-refractivity contribution is 7.07. The van der Waals surface area contributed by atoms with Crippen molar-refractivity contribution >= 4 is 57.5 Å². The molecule has 0 aliphatic carbocycles. The van der Waals surface area contributed by atoms with Gasteiger partial charge in [-0.05, 0) is 49.4 Å². The maximum absolute atomic E-state index is 14.1. The number of carbonyl (C=O) groups is 2. The van der Waals surface area contributed by atoms with Gasteiger partial charge >= 0.3 is 5.97 Å². The van der Waals surface area contributed by atoms with E-state index in [2.05, 4.69) is 10.3 Å². The fraction of sp³-hybridized carbons (Fsp3) is 0.152. The number of esters is 1. The van der Waals surface area contributed by atoms with Crippen LogP contribution in [0.3, 0.4) is 0 Å². The molecular formula is C33H27ClN4O5S. The Labute approximate surface area is 260 Å². The third-order valence-electron chi connectivity index (χ3n) is 7.39. The van der Waals surface area contributed by atoms with Crippen molar-refractivity contribution in [3.8, 4) is 5.75 Å². The molecule has 0 unspecified atom stereocenters. The summed E-state index contributed by atoms with van der Waals surface area (Å²) in [6, 6.07) is 21.1. The Morgan fingerprint density at radius 2 is 1.82 bits per heavy atom. The Bertz CT molecular complexity index is 2150. The van der Waals surface area contributed by atoms with E-state index in [1.54, 1.807) is 31.2 Å². The van der Waals surface area contributed by atoms with Crippen molar-refractivity contribution in [2.75, 3.05) is 19.5 Å². The number of allylic oxidation sites excluding steroid dienone is 1. The molecule has 1 aliphatic rings. The summed E-state index contributed by atoms with van der Waals surface area (Å²) in [5.41, 5.74) is 3.16. The molecule has 222 valence electrons. The average Bonchev–Trinajstić information content (AvgIpc) is 3.52. The van der Waals surface area contributed by atoms with Crippen LogP contribution in [0.1, 0.15) is 24.1 Å². The van der Waals surface area contributed by atoms with Crippen LogP contribution in [0.15, 0.2) is 100 Å². The number of ether oxygens (including phenoxy) is 2. The van der Waals surface area contributed by atoms with Crippen LogP contribution in [0, 0.1) is 0 Å². The number of amides is 1. The van der Waals surface area contributed by atoms with Crippen molar-refractivity contribution in [1.82, 2.24) is 9.13 Å². The summed E-state index contributed by atoms with van der Waals surface area (Å²) in [5, 5.41) is 4.22. The molecule has 0 fully saturated rings. The number of aromatic nitrogens is 2. The Morgan fingerprint density at radius 1 is 1.07 bits per heavy atom. The number of halogens is 1. The molecule has 0 spiro atoms. The number of thiazole rings is 1. The van der Waals surface area contributed by atoms with Crippen molar-refractivity contribution in [3.63, 3.8) is 0 Å². The number of nitrogens with one attached hydrogen (secondary N) is 1. The predicted molar refractivity (Wildman–Crippen MR) is 171 cm³/mol. The topological polar surface area (TPSA) is 104 Å². The van der Waals surface area contributed by atoms with E-state index in [1.165, 1.54) is 30.1 Å². The Hall–Kier alpha value is -4.93. The van der Waals surface area contributed by atoms with E-state index in [1.807, 2.05) is 65.4 Å². The summed E-state index contributed by atoms with van der Waals surface area (Å²) >= 11 is 7.59. The van der Waals surface area contributed by atoms with Gasteiger partial charge in [0.2, 0.25) is 5.91 Å². The minimum absolute atomic E-state index is 0.0841. The van der Waals surface area contributed by atoms with Crippen LogP contribution in [0.4, 0.5) is 5.69 Å². The SMILES string of the molecule is COC(=O)C1=C(C)N=c2s/c(=C\c3cn(CC(=O)Nc4ccccc4)c4ccccc34)c(=O)n2[C@H]1c1cc(Cl)ccc1OC. The first-order chi connectivity index (χ1) is 21.3. The van der Waals surface area contributed by atoms with Crippen molar-refractivity contribution in [2.45, 2.75) is 19.5 Å². The van der Waals surface area contributed by atoms with Crippen LogP contribution in [0.25, 0.3) is 17.0 Å². The highest BCUT2D eigenvalue weighted by Gasteiger charge is 2.35. The van der Waals surface area contributed by atoms with Gasteiger partial charge in [0.05, 0.1) is 30.0 Å². The number of para-hydroxylation sites is 2. The standard InChI is InChI=1S/C33H27ClN4O5S/c1-19-29(32(41)43-3)30(24-16-21(34)13-14-26(24)42-2)38-31(40)27(44-33(38)35-19)15-20-17-37(25-12-8-7-11-23(20)25)18-28(39)36-22-9-5-4-6-10-22/h4-17,30H,18H2,1-3H3,(H,36,39)/b27-15-/t30-/m0/s1. The summed E-state index contributed by atoms with van der Waals surface area (Å²) in [7, 11) is 2.80. The van der Waals surface area contributed by atoms with Gasteiger partial charge in [-0.1, -0.05) is 59.3 Å². The number of nitrogens with zero attached hydrogens (tertiary/aromatic N) is 3. The molecule has 6 rings (SSSR count). The van der Waals surface area contributed by atoms with Crippen LogP contribution >= 0.6 is 22.9 Å². The number of anilines is 1. The average molecular weight is 627 g/mol. The number of benzene rings is 3. The van der Waals surface area contributed by atoms with Gasteiger partial charge in [-0.25, -0.2) is 9.79 Å².